The van der Waals surface area contributed by atoms with E-state index in [-0.39, 0.29) is 0 Å². The predicted molar refractivity (Wildman–Crippen MR) is 95.0 cm³/mol. The lowest BCUT2D eigenvalue weighted by molar-refractivity contribution is 0.407. The van der Waals surface area contributed by atoms with Gasteiger partial charge in [-0.1, -0.05) is 31.9 Å². The highest BCUT2D eigenvalue weighted by atomic mass is 32.1. The van der Waals surface area contributed by atoms with Crippen LogP contribution in [0, 0.1) is 5.92 Å². The fourth-order valence-electron chi connectivity index (χ4n) is 3.48. The first kappa shape index (κ1) is 15.4. The van der Waals surface area contributed by atoms with Crippen LogP contribution < -0.4 is 5.32 Å². The minimum absolute atomic E-state index is 0.485. The molecule has 22 heavy (non-hydrogen) atoms. The Labute approximate surface area is 137 Å². The third-order valence-electron chi connectivity index (χ3n) is 4.65. The van der Waals surface area contributed by atoms with Gasteiger partial charge in [-0.3, -0.25) is 0 Å². The van der Waals surface area contributed by atoms with Gasteiger partial charge in [0.15, 0.2) is 0 Å². The molecule has 2 N–H and O–H groups in total. The number of benzene rings is 1. The molecule has 2 aromatic rings. The van der Waals surface area contributed by atoms with Crippen LogP contribution in [-0.2, 0) is 19.3 Å². The van der Waals surface area contributed by atoms with Gasteiger partial charge in [0, 0.05) is 11.4 Å². The Kier molecular flexibility index (Phi) is 5.04. The molecule has 3 rings (SSSR count). The monoisotopic (exact) mass is 315 g/mol. The van der Waals surface area contributed by atoms with Gasteiger partial charge in [0.1, 0.15) is 5.75 Å². The molecule has 0 saturated carbocycles. The Bertz CT molecular complexity index is 606. The lowest BCUT2D eigenvalue weighted by atomic mass is 9.81. The first-order valence-electron chi connectivity index (χ1n) is 8.38. The number of phenols is 1. The number of nitrogens with one attached hydrogen (secondary N) is 1. The minimum Gasteiger partial charge on any atom is -0.505 e. The van der Waals surface area contributed by atoms with Crippen molar-refractivity contribution >= 4 is 17.0 Å². The van der Waals surface area contributed by atoms with Crippen molar-refractivity contribution in [3.63, 3.8) is 0 Å². The molecule has 0 aliphatic heterocycles. The molecule has 0 saturated heterocycles. The molecule has 2 nitrogen and oxygen atoms in total. The number of thiophene rings is 1. The first-order chi connectivity index (χ1) is 10.8. The van der Waals surface area contributed by atoms with Crippen LogP contribution in [0.15, 0.2) is 29.6 Å². The third-order valence-corrected chi connectivity index (χ3v) is 5.59. The highest BCUT2D eigenvalue weighted by Crippen LogP contribution is 2.37. The number of hydrogen-bond donors (Lipinski definition) is 2. The van der Waals surface area contributed by atoms with Gasteiger partial charge in [-0.05, 0) is 60.2 Å². The lowest BCUT2D eigenvalue weighted by Crippen LogP contribution is -2.15. The van der Waals surface area contributed by atoms with Gasteiger partial charge in [0.05, 0.1) is 5.69 Å². The molecule has 0 spiro atoms. The van der Waals surface area contributed by atoms with Crippen molar-refractivity contribution in [2.24, 2.45) is 5.92 Å². The molecule has 0 bridgehead atoms. The molecular formula is C19H25NOS. The maximum atomic E-state index is 10.5. The van der Waals surface area contributed by atoms with E-state index in [4.69, 9.17) is 0 Å². The average Bonchev–Trinajstić information content (AvgIpc) is 3.03. The summed E-state index contributed by atoms with van der Waals surface area (Å²) in [6.07, 6.45) is 6.94. The van der Waals surface area contributed by atoms with Crippen LogP contribution >= 0.6 is 11.3 Å². The topological polar surface area (TPSA) is 32.3 Å². The van der Waals surface area contributed by atoms with Crippen LogP contribution in [0.1, 0.15) is 42.2 Å². The summed E-state index contributed by atoms with van der Waals surface area (Å²) >= 11 is 1.79. The van der Waals surface area contributed by atoms with E-state index >= 15 is 0 Å². The van der Waals surface area contributed by atoms with Crippen LogP contribution in [0.5, 0.6) is 5.75 Å². The van der Waals surface area contributed by atoms with E-state index < -0.39 is 0 Å². The summed E-state index contributed by atoms with van der Waals surface area (Å²) in [7, 11) is 0. The fraction of sp³-hybridized carbons (Fsp3) is 0.474. The summed E-state index contributed by atoms with van der Waals surface area (Å²) < 4.78 is 0. The minimum atomic E-state index is 0.485. The Morgan fingerprint density at radius 2 is 2.23 bits per heavy atom. The zero-order chi connectivity index (χ0) is 15.4. The Hall–Kier alpha value is -1.48. The van der Waals surface area contributed by atoms with Crippen molar-refractivity contribution in [1.29, 1.82) is 0 Å². The average molecular weight is 315 g/mol. The van der Waals surface area contributed by atoms with Crippen molar-refractivity contribution in [2.75, 3.05) is 11.9 Å². The van der Waals surface area contributed by atoms with E-state index in [2.05, 4.69) is 41.9 Å². The summed E-state index contributed by atoms with van der Waals surface area (Å²) in [6.45, 7) is 3.12. The molecule has 118 valence electrons. The van der Waals surface area contributed by atoms with Crippen LogP contribution in [-0.4, -0.2) is 11.7 Å². The highest BCUT2D eigenvalue weighted by molar-refractivity contribution is 7.09. The second-order valence-corrected chi connectivity index (χ2v) is 7.29. The number of hydrogen-bond acceptors (Lipinski definition) is 3. The van der Waals surface area contributed by atoms with Gasteiger partial charge >= 0.3 is 0 Å². The number of phenolic OH excluding ortho intramolecular Hbond substituents is 1. The van der Waals surface area contributed by atoms with E-state index in [1.54, 1.807) is 11.3 Å². The first-order valence-corrected chi connectivity index (χ1v) is 9.26. The van der Waals surface area contributed by atoms with Crippen LogP contribution in [0.4, 0.5) is 5.69 Å². The molecule has 1 aromatic carbocycles. The zero-order valence-electron chi connectivity index (χ0n) is 13.3. The standard InChI is InChI=1S/C19H25NOS/c1-2-4-14-6-8-17-15(13-14)7-9-18(19(17)21)20-11-10-16-5-3-12-22-16/h3,5,7,9,12,14,20-21H,2,4,6,8,10-11,13H2,1H3/t14-/m0/s1. The van der Waals surface area contributed by atoms with E-state index in [9.17, 15) is 5.11 Å². The van der Waals surface area contributed by atoms with Crippen LogP contribution in [0.2, 0.25) is 0 Å². The molecular weight excluding hydrogens is 290 g/mol. The summed E-state index contributed by atoms with van der Waals surface area (Å²) in [6, 6.07) is 8.51. The van der Waals surface area contributed by atoms with Crippen molar-refractivity contribution in [2.45, 2.75) is 45.4 Å². The molecule has 0 amide bonds. The van der Waals surface area contributed by atoms with E-state index in [0.717, 1.165) is 37.4 Å². The molecule has 0 unspecified atom stereocenters. The summed E-state index contributed by atoms with van der Waals surface area (Å²) in [5.41, 5.74) is 3.42. The van der Waals surface area contributed by atoms with E-state index in [1.807, 2.05) is 0 Å². The van der Waals surface area contributed by atoms with Crippen molar-refractivity contribution in [3.05, 3.63) is 45.6 Å². The van der Waals surface area contributed by atoms with Gasteiger partial charge in [0.25, 0.3) is 0 Å². The van der Waals surface area contributed by atoms with Gasteiger partial charge in [0.2, 0.25) is 0 Å². The maximum Gasteiger partial charge on any atom is 0.142 e. The summed E-state index contributed by atoms with van der Waals surface area (Å²) in [5.74, 6) is 1.29. The normalized spacial score (nSPS) is 17.2. The van der Waals surface area contributed by atoms with Gasteiger partial charge in [-0.2, -0.15) is 0 Å². The number of fused-ring (bicyclic) bond motifs is 1. The zero-order valence-corrected chi connectivity index (χ0v) is 14.1. The smallest absolute Gasteiger partial charge is 0.142 e. The van der Waals surface area contributed by atoms with Crippen molar-refractivity contribution in [3.8, 4) is 5.75 Å². The highest BCUT2D eigenvalue weighted by Gasteiger charge is 2.21. The second kappa shape index (κ2) is 7.19. The summed E-state index contributed by atoms with van der Waals surface area (Å²) in [5, 5.41) is 16.1. The molecule has 0 fully saturated rings. The van der Waals surface area contributed by atoms with Crippen molar-refractivity contribution in [1.82, 2.24) is 0 Å². The number of aromatic hydroxyl groups is 1. The Morgan fingerprint density at radius 3 is 3.00 bits per heavy atom. The van der Waals surface area contributed by atoms with Gasteiger partial charge in [-0.25, -0.2) is 0 Å². The SMILES string of the molecule is CCC[C@H]1CCc2c(ccc(NCCc3cccs3)c2O)C1. The second-order valence-electron chi connectivity index (χ2n) is 6.25. The maximum absolute atomic E-state index is 10.5. The van der Waals surface area contributed by atoms with E-state index in [0.29, 0.717) is 5.75 Å². The fourth-order valence-corrected chi connectivity index (χ4v) is 4.19. The molecule has 1 heterocycles. The molecule has 1 aliphatic rings. The number of rotatable bonds is 6. The molecule has 1 aromatic heterocycles. The quantitative estimate of drug-likeness (QED) is 0.734. The van der Waals surface area contributed by atoms with Crippen LogP contribution in [0.25, 0.3) is 0 Å². The predicted octanol–water partition coefficient (Wildman–Crippen LogP) is 5.01. The lowest BCUT2D eigenvalue weighted by Gasteiger charge is -2.26. The Morgan fingerprint density at radius 1 is 1.32 bits per heavy atom. The Balaban J connectivity index is 1.64. The summed E-state index contributed by atoms with van der Waals surface area (Å²) in [4.78, 5) is 1.38. The molecule has 3 heteroatoms. The third kappa shape index (κ3) is 3.46. The molecule has 1 aliphatic carbocycles. The number of anilines is 1. The van der Waals surface area contributed by atoms with Crippen molar-refractivity contribution < 1.29 is 5.11 Å². The largest absolute Gasteiger partial charge is 0.505 e. The molecule has 1 atom stereocenters. The van der Waals surface area contributed by atoms with Crippen LogP contribution in [0.3, 0.4) is 0 Å². The van der Waals surface area contributed by atoms with E-state index in [1.165, 1.54) is 35.3 Å². The molecule has 0 radical (unpaired) electrons. The van der Waals surface area contributed by atoms with Gasteiger partial charge < -0.3 is 10.4 Å². The van der Waals surface area contributed by atoms with Gasteiger partial charge in [-0.15, -0.1) is 11.3 Å².